The molecule has 0 spiro atoms. The minimum Gasteiger partial charge on any atom is -0.253 e. The Bertz CT molecular complexity index is 1080. The number of thiazole rings is 1. The second kappa shape index (κ2) is 7.95. The van der Waals surface area contributed by atoms with Gasteiger partial charge in [-0.2, -0.15) is 5.10 Å². The first-order chi connectivity index (χ1) is 12.9. The van der Waals surface area contributed by atoms with Crippen molar-refractivity contribution in [1.82, 2.24) is 9.29 Å². The third-order valence-electron chi connectivity index (χ3n) is 3.68. The average Bonchev–Trinajstić information content (AvgIpc) is 3.12. The summed E-state index contributed by atoms with van der Waals surface area (Å²) in [6, 6.07) is 12.9. The maximum atomic E-state index is 13.5. The first kappa shape index (κ1) is 19.2. The number of aromatic nitrogens is 1. The zero-order valence-corrected chi connectivity index (χ0v) is 16.3. The van der Waals surface area contributed by atoms with Crippen LogP contribution in [0.4, 0.5) is 9.52 Å². The maximum absolute atomic E-state index is 13.5. The van der Waals surface area contributed by atoms with Crippen LogP contribution in [0.2, 0.25) is 0 Å². The van der Waals surface area contributed by atoms with Gasteiger partial charge < -0.3 is 0 Å². The van der Waals surface area contributed by atoms with Gasteiger partial charge in [-0.15, -0.1) is 11.3 Å². The van der Waals surface area contributed by atoms with Crippen molar-refractivity contribution in [2.75, 3.05) is 19.5 Å². The summed E-state index contributed by atoms with van der Waals surface area (Å²) >= 11 is 1.31. The molecule has 0 aliphatic heterocycles. The van der Waals surface area contributed by atoms with E-state index in [4.69, 9.17) is 0 Å². The molecule has 3 rings (SSSR count). The van der Waals surface area contributed by atoms with Crippen LogP contribution in [0.5, 0.6) is 0 Å². The lowest BCUT2D eigenvalue weighted by atomic mass is 10.2. The summed E-state index contributed by atoms with van der Waals surface area (Å²) in [6.07, 6.45) is 1.38. The van der Waals surface area contributed by atoms with Gasteiger partial charge in [0.2, 0.25) is 15.2 Å². The smallest absolute Gasteiger partial charge is 0.242 e. The van der Waals surface area contributed by atoms with E-state index < -0.39 is 10.0 Å². The molecule has 0 amide bonds. The van der Waals surface area contributed by atoms with Gasteiger partial charge in [0.1, 0.15) is 5.82 Å². The van der Waals surface area contributed by atoms with Crippen LogP contribution >= 0.6 is 11.3 Å². The number of benzene rings is 2. The molecule has 3 aromatic rings. The summed E-state index contributed by atoms with van der Waals surface area (Å²) in [5.41, 5.74) is 4.43. The van der Waals surface area contributed by atoms with Gasteiger partial charge in [0.25, 0.3) is 0 Å². The number of anilines is 1. The predicted molar refractivity (Wildman–Crippen MR) is 106 cm³/mol. The van der Waals surface area contributed by atoms with E-state index in [9.17, 15) is 12.8 Å². The maximum Gasteiger partial charge on any atom is 0.242 e. The van der Waals surface area contributed by atoms with Crippen molar-refractivity contribution in [2.24, 2.45) is 5.10 Å². The minimum atomic E-state index is -3.52. The molecule has 0 aliphatic rings. The van der Waals surface area contributed by atoms with E-state index >= 15 is 0 Å². The molecule has 6 nitrogen and oxygen atoms in total. The summed E-state index contributed by atoms with van der Waals surface area (Å²) in [4.78, 5) is 4.59. The van der Waals surface area contributed by atoms with Crippen LogP contribution in [0.15, 0.2) is 63.9 Å². The van der Waals surface area contributed by atoms with Crippen LogP contribution in [0, 0.1) is 5.82 Å². The Morgan fingerprint density at radius 1 is 1.19 bits per heavy atom. The molecule has 0 aliphatic carbocycles. The molecule has 2 aromatic carbocycles. The highest BCUT2D eigenvalue weighted by Gasteiger charge is 2.18. The molecule has 1 aromatic heterocycles. The molecule has 0 fully saturated rings. The van der Waals surface area contributed by atoms with Crippen molar-refractivity contribution in [3.63, 3.8) is 0 Å². The molecular weight excluding hydrogens is 387 g/mol. The molecule has 0 bridgehead atoms. The second-order valence-electron chi connectivity index (χ2n) is 5.74. The summed E-state index contributed by atoms with van der Waals surface area (Å²) < 4.78 is 39.3. The standard InChI is InChI=1S/C18H17FN4O2S2/c1-23(2)27(24,25)15-8-5-7-13(10-15)17-12-26-18(21-17)22-20-11-14-6-3-4-9-16(14)19/h3-12H,1-2H3,(H,21,22)/b20-11+. The molecule has 140 valence electrons. The SMILES string of the molecule is CN(C)S(=O)(=O)c1cccc(-c2csc(N/N=C/c3ccccc3F)n2)c1. The van der Waals surface area contributed by atoms with Gasteiger partial charge in [0.15, 0.2) is 0 Å². The van der Waals surface area contributed by atoms with Crippen LogP contribution in [0.3, 0.4) is 0 Å². The first-order valence-electron chi connectivity index (χ1n) is 7.90. The molecule has 9 heteroatoms. The molecule has 27 heavy (non-hydrogen) atoms. The third-order valence-corrected chi connectivity index (χ3v) is 6.24. The zero-order valence-electron chi connectivity index (χ0n) is 14.6. The highest BCUT2D eigenvalue weighted by atomic mass is 32.2. The average molecular weight is 404 g/mol. The van der Waals surface area contributed by atoms with Crippen molar-refractivity contribution < 1.29 is 12.8 Å². The Morgan fingerprint density at radius 2 is 1.96 bits per heavy atom. The van der Waals surface area contributed by atoms with E-state index in [2.05, 4.69) is 15.5 Å². The number of hydrazone groups is 1. The molecule has 1 N–H and O–H groups in total. The number of hydrogen-bond donors (Lipinski definition) is 1. The van der Waals surface area contributed by atoms with E-state index in [1.54, 1.807) is 47.8 Å². The Hall–Kier alpha value is -2.62. The Kier molecular flexibility index (Phi) is 5.64. The molecule has 1 heterocycles. The number of sulfonamides is 1. The first-order valence-corrected chi connectivity index (χ1v) is 10.2. The molecular formula is C18H17FN4O2S2. The monoisotopic (exact) mass is 404 g/mol. The zero-order chi connectivity index (χ0) is 19.4. The van der Waals surface area contributed by atoms with Gasteiger partial charge in [0.05, 0.1) is 16.8 Å². The minimum absolute atomic E-state index is 0.199. The van der Waals surface area contributed by atoms with Crippen LogP contribution in [-0.2, 0) is 10.0 Å². The number of halogens is 1. The molecule has 0 saturated carbocycles. The third kappa shape index (κ3) is 4.38. The molecule has 0 saturated heterocycles. The van der Waals surface area contributed by atoms with Gasteiger partial charge in [-0.3, -0.25) is 5.43 Å². The van der Waals surface area contributed by atoms with Crippen LogP contribution in [0.25, 0.3) is 11.3 Å². The number of nitrogens with zero attached hydrogens (tertiary/aromatic N) is 3. The fourth-order valence-electron chi connectivity index (χ4n) is 2.22. The highest BCUT2D eigenvalue weighted by Crippen LogP contribution is 2.27. The van der Waals surface area contributed by atoms with Gasteiger partial charge >= 0.3 is 0 Å². The summed E-state index contributed by atoms with van der Waals surface area (Å²) in [7, 11) is -0.542. The van der Waals surface area contributed by atoms with E-state index in [0.717, 1.165) is 4.31 Å². The fourth-order valence-corrected chi connectivity index (χ4v) is 3.84. The number of rotatable bonds is 6. The predicted octanol–water partition coefficient (Wildman–Crippen LogP) is 3.65. The van der Waals surface area contributed by atoms with Crippen molar-refractivity contribution in [3.05, 3.63) is 65.3 Å². The van der Waals surface area contributed by atoms with Crippen LogP contribution in [0.1, 0.15) is 5.56 Å². The van der Waals surface area contributed by atoms with Gasteiger partial charge in [-0.25, -0.2) is 22.1 Å². The Balaban J connectivity index is 1.77. The van der Waals surface area contributed by atoms with Gasteiger partial charge in [-0.1, -0.05) is 30.3 Å². The summed E-state index contributed by atoms with van der Waals surface area (Å²) in [6.45, 7) is 0. The van der Waals surface area contributed by atoms with Crippen LogP contribution < -0.4 is 5.43 Å². The van der Waals surface area contributed by atoms with Crippen molar-refractivity contribution in [1.29, 1.82) is 0 Å². The van der Waals surface area contributed by atoms with E-state index in [0.29, 0.717) is 22.0 Å². The lowest BCUT2D eigenvalue weighted by Crippen LogP contribution is -2.22. The second-order valence-corrected chi connectivity index (χ2v) is 8.75. The summed E-state index contributed by atoms with van der Waals surface area (Å²) in [5, 5.41) is 6.30. The summed E-state index contributed by atoms with van der Waals surface area (Å²) in [5.74, 6) is -0.359. The van der Waals surface area contributed by atoms with E-state index in [1.165, 1.54) is 37.7 Å². The van der Waals surface area contributed by atoms with Crippen molar-refractivity contribution >= 4 is 32.7 Å². The van der Waals surface area contributed by atoms with E-state index in [-0.39, 0.29) is 10.7 Å². The van der Waals surface area contributed by atoms with Crippen molar-refractivity contribution in [2.45, 2.75) is 4.90 Å². The lowest BCUT2D eigenvalue weighted by Gasteiger charge is -2.11. The lowest BCUT2D eigenvalue weighted by molar-refractivity contribution is 0.521. The number of hydrogen-bond acceptors (Lipinski definition) is 6. The number of nitrogens with one attached hydrogen (secondary N) is 1. The fraction of sp³-hybridized carbons (Fsp3) is 0.111. The van der Waals surface area contributed by atoms with E-state index in [1.807, 2.05) is 0 Å². The van der Waals surface area contributed by atoms with Gasteiger partial charge in [0, 0.05) is 30.6 Å². The van der Waals surface area contributed by atoms with Crippen molar-refractivity contribution in [3.8, 4) is 11.3 Å². The Labute approximate surface area is 161 Å². The molecule has 0 radical (unpaired) electrons. The molecule has 0 atom stereocenters. The van der Waals surface area contributed by atoms with Gasteiger partial charge in [-0.05, 0) is 18.2 Å². The normalized spacial score (nSPS) is 12.0. The molecule has 0 unspecified atom stereocenters. The topological polar surface area (TPSA) is 74.7 Å². The quantitative estimate of drug-likeness (QED) is 0.503. The van der Waals surface area contributed by atoms with Crippen LogP contribution in [-0.4, -0.2) is 38.0 Å². The largest absolute Gasteiger partial charge is 0.253 e. The Morgan fingerprint density at radius 3 is 2.70 bits per heavy atom. The highest BCUT2D eigenvalue weighted by molar-refractivity contribution is 7.89.